The van der Waals surface area contributed by atoms with Gasteiger partial charge in [-0.2, -0.15) is 9.90 Å². The van der Waals surface area contributed by atoms with Crippen LogP contribution in [0.25, 0.3) is 0 Å². The lowest BCUT2D eigenvalue weighted by Gasteiger charge is -2.32. The van der Waals surface area contributed by atoms with Crippen molar-refractivity contribution >= 4 is 102 Å². The fourth-order valence-electron chi connectivity index (χ4n) is 5.41. The molecule has 5 N–H and O–H groups in total. The first kappa shape index (κ1) is 53.4. The number of carbonyl (C=O) groups is 2. The summed E-state index contributed by atoms with van der Waals surface area (Å²) < 4.78 is 0. The van der Waals surface area contributed by atoms with Gasteiger partial charge in [0.15, 0.2) is 10.2 Å². The van der Waals surface area contributed by atoms with Crippen LogP contribution in [0.3, 0.4) is 0 Å². The standard InChI is InChI=1S/C16H20ClN3S.C10H10Cl2O.C9H9ClO2.C6H13N3S.H2O.H3P/c1-19-8-10-20(11-9-19)16-18-15(12-21-16)7-4-13-2-5-14(17)6-3-13;11-7-10(13)6-3-8-1-4-9(12)5-2-8;10-8-4-1-7(2-5-8)3-6-9(11)12;1-8-2-4-9(5-3-8)6(7)10;;/h2-3,5-6,12H,4,7-11H2,1H3;1-2,4-5H,3,6-7H2;1-2,4-5H,3,6H2,(H,11,12);2-5H2,1H3,(H2,7,10);1H2;1H3. The molecule has 58 heavy (non-hydrogen) atoms. The normalized spacial score (nSPS) is 13.8. The number of halogens is 4. The number of hydrogen-bond acceptors (Lipinski definition) is 8. The molecular formula is C41H57Cl4N6O4PS2. The largest absolute Gasteiger partial charge is 0.481 e. The zero-order valence-corrected chi connectivity index (χ0v) is 39.3. The van der Waals surface area contributed by atoms with E-state index in [1.165, 1.54) is 16.4 Å². The number of aryl methyl sites for hydroxylation is 4. The van der Waals surface area contributed by atoms with Crippen LogP contribution in [0.4, 0.5) is 5.13 Å². The molecule has 2 saturated heterocycles. The van der Waals surface area contributed by atoms with Crippen molar-refractivity contribution in [1.29, 1.82) is 0 Å². The van der Waals surface area contributed by atoms with Crippen molar-refractivity contribution < 1.29 is 20.2 Å². The quantitative estimate of drug-likeness (QED) is 0.0885. The van der Waals surface area contributed by atoms with Crippen LogP contribution in [-0.2, 0) is 35.3 Å². The van der Waals surface area contributed by atoms with Gasteiger partial charge in [0, 0.05) is 85.6 Å². The highest BCUT2D eigenvalue weighted by Gasteiger charge is 2.17. The van der Waals surface area contributed by atoms with Crippen molar-refractivity contribution in [1.82, 2.24) is 19.7 Å². The molecule has 1 atom stereocenters. The van der Waals surface area contributed by atoms with Crippen LogP contribution in [0.1, 0.15) is 35.2 Å². The second-order valence-corrected chi connectivity index (χ2v) is 16.3. The van der Waals surface area contributed by atoms with Gasteiger partial charge in [0.1, 0.15) is 5.78 Å². The van der Waals surface area contributed by atoms with Gasteiger partial charge >= 0.3 is 5.97 Å². The van der Waals surface area contributed by atoms with E-state index in [0.29, 0.717) is 28.0 Å². The minimum Gasteiger partial charge on any atom is -0.481 e. The lowest BCUT2D eigenvalue weighted by Crippen LogP contribution is -2.48. The van der Waals surface area contributed by atoms with Crippen molar-refractivity contribution in [3.05, 3.63) is 116 Å². The number of carboxylic acid groups (broad SMARTS) is 1. The van der Waals surface area contributed by atoms with Crippen LogP contribution < -0.4 is 10.6 Å². The van der Waals surface area contributed by atoms with Crippen LogP contribution in [0.2, 0.25) is 15.1 Å². The molecule has 4 aromatic rings. The number of likely N-dealkylation sites (N-methyl/N-ethyl adjacent to an activating group) is 2. The Labute approximate surface area is 376 Å². The molecule has 3 aromatic carbocycles. The van der Waals surface area contributed by atoms with E-state index >= 15 is 0 Å². The number of carboxylic acids is 1. The molecule has 0 amide bonds. The van der Waals surface area contributed by atoms with Gasteiger partial charge in [-0.1, -0.05) is 71.2 Å². The maximum Gasteiger partial charge on any atom is 0.303 e. The summed E-state index contributed by atoms with van der Waals surface area (Å²) in [5.41, 5.74) is 10.1. The molecule has 6 rings (SSSR count). The topological polar surface area (TPSA) is 138 Å². The molecule has 0 bridgehead atoms. The second kappa shape index (κ2) is 29.6. The number of alkyl halides is 1. The molecule has 0 spiro atoms. The number of aliphatic carboxylic acids is 1. The lowest BCUT2D eigenvalue weighted by atomic mass is 10.1. The maximum absolute atomic E-state index is 10.9. The molecule has 17 heteroatoms. The van der Waals surface area contributed by atoms with Gasteiger partial charge in [-0.25, -0.2) is 4.98 Å². The average molecular weight is 935 g/mol. The minimum atomic E-state index is -0.773. The van der Waals surface area contributed by atoms with Gasteiger partial charge in [-0.05, 0) is 105 Å². The smallest absolute Gasteiger partial charge is 0.303 e. The molecule has 0 saturated carbocycles. The van der Waals surface area contributed by atoms with Crippen molar-refractivity contribution in [2.75, 3.05) is 77.2 Å². The summed E-state index contributed by atoms with van der Waals surface area (Å²) in [4.78, 5) is 35.0. The first-order chi connectivity index (χ1) is 26.8. The van der Waals surface area contributed by atoms with E-state index in [-0.39, 0.29) is 33.5 Å². The monoisotopic (exact) mass is 932 g/mol. The lowest BCUT2D eigenvalue weighted by molar-refractivity contribution is -0.137. The predicted octanol–water partition coefficient (Wildman–Crippen LogP) is 7.48. The van der Waals surface area contributed by atoms with Crippen LogP contribution in [-0.4, -0.2) is 119 Å². The average Bonchev–Trinajstić information content (AvgIpc) is 3.67. The first-order valence-electron chi connectivity index (χ1n) is 18.4. The Morgan fingerprint density at radius 2 is 1.12 bits per heavy atom. The maximum atomic E-state index is 10.9. The molecular weight excluding hydrogens is 877 g/mol. The Hall–Kier alpha value is -2.61. The van der Waals surface area contributed by atoms with Gasteiger partial charge in [0.2, 0.25) is 0 Å². The van der Waals surface area contributed by atoms with Gasteiger partial charge in [-0.15, -0.1) is 22.9 Å². The molecule has 3 heterocycles. The molecule has 0 aliphatic carbocycles. The SMILES string of the molecule is CN1CCN(C(N)=S)CC1.CN1CCN(c2nc(CCc3ccc(Cl)cc3)cs2)CC1.O.O=C(CCl)CCc1ccc(Cl)cc1.O=C(O)CCc1ccc(Cl)cc1.P. The Kier molecular flexibility index (Phi) is 27.2. The molecule has 2 aliphatic rings. The zero-order chi connectivity index (χ0) is 40.9. The third kappa shape index (κ3) is 22.1. The molecule has 0 radical (unpaired) electrons. The van der Waals surface area contributed by atoms with E-state index in [0.717, 1.165) is 87.8 Å². The number of anilines is 1. The summed E-state index contributed by atoms with van der Waals surface area (Å²) in [5.74, 6) is -0.588. The molecule has 10 nitrogen and oxygen atoms in total. The van der Waals surface area contributed by atoms with Crippen LogP contribution >= 0.6 is 79.9 Å². The Bertz CT molecular complexity index is 1760. The summed E-state index contributed by atoms with van der Waals surface area (Å²) >= 11 is 29.3. The highest BCUT2D eigenvalue weighted by Crippen LogP contribution is 2.23. The number of nitrogens with zero attached hydrogens (tertiary/aromatic N) is 5. The van der Waals surface area contributed by atoms with Crippen LogP contribution in [0.15, 0.2) is 78.2 Å². The number of piperazine rings is 2. The molecule has 2 fully saturated rings. The summed E-state index contributed by atoms with van der Waals surface area (Å²) in [6.07, 6.45) is 3.98. The van der Waals surface area contributed by atoms with E-state index in [9.17, 15) is 9.59 Å². The summed E-state index contributed by atoms with van der Waals surface area (Å²) in [7, 11) is 4.29. The van der Waals surface area contributed by atoms with Crippen LogP contribution in [0, 0.1) is 0 Å². The molecule has 1 aromatic heterocycles. The summed E-state index contributed by atoms with van der Waals surface area (Å²) in [5, 5.41) is 14.5. The van der Waals surface area contributed by atoms with Gasteiger partial charge in [-0.3, -0.25) is 9.59 Å². The van der Waals surface area contributed by atoms with E-state index in [1.54, 1.807) is 23.5 Å². The number of thiazole rings is 1. The number of benzene rings is 3. The fourth-order valence-corrected chi connectivity index (χ4v) is 7.02. The number of thiocarbonyl (C=S) groups is 1. The third-order valence-electron chi connectivity index (χ3n) is 9.01. The first-order valence-corrected chi connectivity index (χ1v) is 21.4. The Balaban J connectivity index is 0.000000400. The van der Waals surface area contributed by atoms with E-state index in [4.69, 9.17) is 74.4 Å². The van der Waals surface area contributed by atoms with Crippen molar-refractivity contribution in [2.45, 2.75) is 38.5 Å². The molecule has 1 unspecified atom stereocenters. The number of ketones is 1. The van der Waals surface area contributed by atoms with Gasteiger partial charge in [0.05, 0.1) is 11.6 Å². The second-order valence-electron chi connectivity index (χ2n) is 13.5. The number of carbonyl (C=O) groups excluding carboxylic acids is 1. The van der Waals surface area contributed by atoms with E-state index in [2.05, 4.69) is 46.3 Å². The summed E-state index contributed by atoms with van der Waals surface area (Å²) in [6.45, 7) is 8.51. The van der Waals surface area contributed by atoms with Gasteiger partial charge in [0.25, 0.3) is 0 Å². The Morgan fingerprint density at radius 3 is 1.53 bits per heavy atom. The number of hydrogen-bond donors (Lipinski definition) is 2. The van der Waals surface area contributed by atoms with E-state index < -0.39 is 5.97 Å². The van der Waals surface area contributed by atoms with E-state index in [1.807, 2.05) is 53.4 Å². The molecule has 320 valence electrons. The number of nitrogens with two attached hydrogens (primary N) is 1. The molecule has 2 aliphatic heterocycles. The highest BCUT2D eigenvalue weighted by molar-refractivity contribution is 7.80. The van der Waals surface area contributed by atoms with Crippen molar-refractivity contribution in [2.24, 2.45) is 5.73 Å². The van der Waals surface area contributed by atoms with Crippen LogP contribution in [0.5, 0.6) is 0 Å². The number of aromatic nitrogens is 1. The predicted molar refractivity (Wildman–Crippen MR) is 254 cm³/mol. The highest BCUT2D eigenvalue weighted by atomic mass is 35.5. The minimum absolute atomic E-state index is 0. The number of rotatable bonds is 11. The van der Waals surface area contributed by atoms with Crippen molar-refractivity contribution in [3.8, 4) is 0 Å². The third-order valence-corrected chi connectivity index (χ3v) is 11.3. The Morgan fingerprint density at radius 1 is 0.707 bits per heavy atom. The fraction of sp³-hybridized carbons (Fsp3) is 0.415. The zero-order valence-electron chi connectivity index (χ0n) is 33.2. The number of Topliss-reactive ketones (excluding diaryl/α,β-unsaturated/α-hetero) is 1. The van der Waals surface area contributed by atoms with Gasteiger partial charge < -0.3 is 35.9 Å². The van der Waals surface area contributed by atoms with Crippen molar-refractivity contribution in [3.63, 3.8) is 0 Å². The summed E-state index contributed by atoms with van der Waals surface area (Å²) in [6, 6.07) is 22.8.